The van der Waals surface area contributed by atoms with Crippen molar-refractivity contribution < 1.29 is 9.53 Å². The van der Waals surface area contributed by atoms with Gasteiger partial charge in [-0.3, -0.25) is 4.79 Å². The van der Waals surface area contributed by atoms with E-state index in [2.05, 4.69) is 5.32 Å². The van der Waals surface area contributed by atoms with E-state index in [0.717, 1.165) is 16.3 Å². The molecule has 0 fully saturated rings. The van der Waals surface area contributed by atoms with Crippen molar-refractivity contribution in [1.29, 1.82) is 0 Å². The van der Waals surface area contributed by atoms with Crippen LogP contribution in [0.5, 0.6) is 5.75 Å². The monoisotopic (exact) mass is 315 g/mol. The van der Waals surface area contributed by atoms with Crippen molar-refractivity contribution in [2.45, 2.75) is 24.7 Å². The Bertz CT molecular complexity index is 628. The Morgan fingerprint density at radius 1 is 1.18 bits per heavy atom. The molecular formula is C18H21NO2S. The summed E-state index contributed by atoms with van der Waals surface area (Å²) in [6.07, 6.45) is 3.15. The van der Waals surface area contributed by atoms with Gasteiger partial charge < -0.3 is 10.1 Å². The zero-order valence-corrected chi connectivity index (χ0v) is 13.8. The Morgan fingerprint density at radius 3 is 2.77 bits per heavy atom. The first-order valence-corrected chi connectivity index (χ1v) is 8.54. The molecule has 3 nitrogen and oxygen atoms in total. The lowest BCUT2D eigenvalue weighted by molar-refractivity contribution is -0.116. The first kappa shape index (κ1) is 16.4. The molecule has 0 aliphatic rings. The normalized spacial score (nSPS) is 10.3. The fourth-order valence-electron chi connectivity index (χ4n) is 2.09. The fraction of sp³-hybridized carbons (Fsp3) is 0.278. The zero-order chi connectivity index (χ0) is 15.8. The summed E-state index contributed by atoms with van der Waals surface area (Å²) in [5, 5.41) is 2.95. The third kappa shape index (κ3) is 5.11. The Kier molecular flexibility index (Phi) is 6.34. The molecule has 0 spiro atoms. The average molecular weight is 315 g/mol. The van der Waals surface area contributed by atoms with Crippen LogP contribution in [-0.2, 0) is 4.79 Å². The summed E-state index contributed by atoms with van der Waals surface area (Å²) in [6.45, 7) is 2.57. The predicted octanol–water partition coefficient (Wildman–Crippen LogP) is 4.51. The molecule has 2 aromatic rings. The molecule has 2 rings (SSSR count). The quantitative estimate of drug-likeness (QED) is 0.603. The molecule has 0 radical (unpaired) electrons. The molecule has 4 heteroatoms. The van der Waals surface area contributed by atoms with Crippen LogP contribution in [0, 0.1) is 6.92 Å². The van der Waals surface area contributed by atoms with Crippen LogP contribution in [0.3, 0.4) is 0 Å². The Morgan fingerprint density at radius 2 is 2.00 bits per heavy atom. The molecule has 0 aliphatic carbocycles. The van der Waals surface area contributed by atoms with Gasteiger partial charge in [0.25, 0.3) is 0 Å². The highest BCUT2D eigenvalue weighted by molar-refractivity contribution is 7.98. The van der Waals surface area contributed by atoms with Crippen LogP contribution >= 0.6 is 11.8 Å². The number of para-hydroxylation sites is 1. The topological polar surface area (TPSA) is 38.3 Å². The van der Waals surface area contributed by atoms with E-state index in [1.807, 2.05) is 61.7 Å². The van der Waals surface area contributed by atoms with Crippen molar-refractivity contribution in [3.8, 4) is 5.75 Å². The second-order valence-corrected chi connectivity index (χ2v) is 5.87. The molecule has 1 N–H and O–H groups in total. The number of nitrogens with one attached hydrogen (secondary N) is 1. The second-order valence-electron chi connectivity index (χ2n) is 5.02. The van der Waals surface area contributed by atoms with Crippen molar-refractivity contribution in [2.24, 2.45) is 0 Å². The van der Waals surface area contributed by atoms with Crippen molar-refractivity contribution in [2.75, 3.05) is 18.2 Å². The van der Waals surface area contributed by atoms with Crippen LogP contribution in [0.25, 0.3) is 0 Å². The highest BCUT2D eigenvalue weighted by atomic mass is 32.2. The molecule has 0 unspecified atom stereocenters. The van der Waals surface area contributed by atoms with Gasteiger partial charge >= 0.3 is 0 Å². The number of carbonyl (C=O) groups is 1. The van der Waals surface area contributed by atoms with Gasteiger partial charge in [0, 0.05) is 11.3 Å². The molecule has 0 bridgehead atoms. The highest BCUT2D eigenvalue weighted by Gasteiger charge is 2.06. The lowest BCUT2D eigenvalue weighted by Gasteiger charge is -2.10. The maximum absolute atomic E-state index is 12.0. The van der Waals surface area contributed by atoms with Crippen LogP contribution in [0.4, 0.5) is 5.69 Å². The first-order chi connectivity index (χ1) is 10.7. The molecule has 0 saturated heterocycles. The van der Waals surface area contributed by atoms with E-state index in [0.29, 0.717) is 19.4 Å². The largest absolute Gasteiger partial charge is 0.494 e. The molecule has 0 saturated carbocycles. The van der Waals surface area contributed by atoms with Crippen molar-refractivity contribution in [3.05, 3.63) is 54.1 Å². The minimum absolute atomic E-state index is 0.0225. The average Bonchev–Trinajstić information content (AvgIpc) is 2.52. The van der Waals surface area contributed by atoms with E-state index >= 15 is 0 Å². The minimum Gasteiger partial charge on any atom is -0.494 e. The van der Waals surface area contributed by atoms with E-state index in [1.54, 1.807) is 11.8 Å². The molecule has 0 atom stereocenters. The van der Waals surface area contributed by atoms with Crippen molar-refractivity contribution in [1.82, 2.24) is 0 Å². The maximum Gasteiger partial charge on any atom is 0.224 e. The molecule has 0 aliphatic heterocycles. The molecule has 116 valence electrons. The highest BCUT2D eigenvalue weighted by Crippen LogP contribution is 2.24. The number of thioether (sulfide) groups is 1. The SMILES string of the molecule is CSc1ccccc1NC(=O)CCCOc1cccc(C)c1. The predicted molar refractivity (Wildman–Crippen MR) is 92.8 cm³/mol. The molecule has 0 aromatic heterocycles. The summed E-state index contributed by atoms with van der Waals surface area (Å²) in [4.78, 5) is 13.0. The Hall–Kier alpha value is -1.94. The number of ether oxygens (including phenoxy) is 1. The third-order valence-corrected chi connectivity index (χ3v) is 3.98. The minimum atomic E-state index is 0.0225. The standard InChI is InChI=1S/C18H21NO2S/c1-14-7-5-8-15(13-14)21-12-6-11-18(20)19-16-9-3-4-10-17(16)22-2/h3-5,7-10,13H,6,11-12H2,1-2H3,(H,19,20). The van der Waals surface area contributed by atoms with Crippen LogP contribution in [0.1, 0.15) is 18.4 Å². The van der Waals surface area contributed by atoms with Crippen LogP contribution < -0.4 is 10.1 Å². The van der Waals surface area contributed by atoms with Gasteiger partial charge in [-0.25, -0.2) is 0 Å². The number of amides is 1. The van der Waals surface area contributed by atoms with Gasteiger partial charge in [0.05, 0.1) is 12.3 Å². The number of benzene rings is 2. The summed E-state index contributed by atoms with van der Waals surface area (Å²) >= 11 is 1.62. The number of rotatable bonds is 7. The summed E-state index contributed by atoms with van der Waals surface area (Å²) in [5.74, 6) is 0.877. The van der Waals surface area contributed by atoms with Crippen LogP contribution in [-0.4, -0.2) is 18.8 Å². The summed E-state index contributed by atoms with van der Waals surface area (Å²) in [7, 11) is 0. The second kappa shape index (κ2) is 8.49. The van der Waals surface area contributed by atoms with Gasteiger partial charge in [-0.15, -0.1) is 11.8 Å². The van der Waals surface area contributed by atoms with Gasteiger partial charge in [0.15, 0.2) is 0 Å². The van der Waals surface area contributed by atoms with Crippen LogP contribution in [0.2, 0.25) is 0 Å². The van der Waals surface area contributed by atoms with Gasteiger partial charge in [-0.1, -0.05) is 24.3 Å². The molecule has 22 heavy (non-hydrogen) atoms. The lowest BCUT2D eigenvalue weighted by atomic mass is 10.2. The smallest absolute Gasteiger partial charge is 0.224 e. The third-order valence-electron chi connectivity index (χ3n) is 3.19. The summed E-state index contributed by atoms with van der Waals surface area (Å²) < 4.78 is 5.65. The van der Waals surface area contributed by atoms with Gasteiger partial charge in [-0.05, 0) is 49.4 Å². The number of anilines is 1. The molecule has 2 aromatic carbocycles. The first-order valence-electron chi connectivity index (χ1n) is 7.31. The summed E-state index contributed by atoms with van der Waals surface area (Å²) in [5.41, 5.74) is 2.04. The van der Waals surface area contributed by atoms with Crippen LogP contribution in [0.15, 0.2) is 53.4 Å². The number of hydrogen-bond acceptors (Lipinski definition) is 3. The Labute approximate surface area is 136 Å². The van der Waals surface area contributed by atoms with E-state index in [4.69, 9.17) is 4.74 Å². The van der Waals surface area contributed by atoms with E-state index in [1.165, 1.54) is 5.56 Å². The number of aryl methyl sites for hydroxylation is 1. The lowest BCUT2D eigenvalue weighted by Crippen LogP contribution is -2.13. The maximum atomic E-state index is 12.0. The van der Waals surface area contributed by atoms with Gasteiger partial charge in [0.1, 0.15) is 5.75 Å². The van der Waals surface area contributed by atoms with E-state index in [-0.39, 0.29) is 5.91 Å². The van der Waals surface area contributed by atoms with Crippen molar-refractivity contribution >= 4 is 23.4 Å². The number of hydrogen-bond donors (Lipinski definition) is 1. The van der Waals surface area contributed by atoms with Gasteiger partial charge in [0.2, 0.25) is 5.91 Å². The van der Waals surface area contributed by atoms with E-state index < -0.39 is 0 Å². The fourth-order valence-corrected chi connectivity index (χ4v) is 2.64. The van der Waals surface area contributed by atoms with E-state index in [9.17, 15) is 4.79 Å². The Balaban J connectivity index is 1.74. The molecular weight excluding hydrogens is 294 g/mol. The molecule has 1 amide bonds. The zero-order valence-electron chi connectivity index (χ0n) is 13.0. The number of carbonyl (C=O) groups excluding carboxylic acids is 1. The molecule has 0 heterocycles. The van der Waals surface area contributed by atoms with Gasteiger partial charge in [-0.2, -0.15) is 0 Å². The summed E-state index contributed by atoms with van der Waals surface area (Å²) in [6, 6.07) is 15.7. The van der Waals surface area contributed by atoms with Crippen molar-refractivity contribution in [3.63, 3.8) is 0 Å².